The molecule has 0 aromatic heterocycles. The van der Waals surface area contributed by atoms with E-state index in [4.69, 9.17) is 15.9 Å². The molecule has 0 amide bonds. The van der Waals surface area contributed by atoms with Crippen LogP contribution in [0.1, 0.15) is 19.3 Å². The minimum atomic E-state index is -1.18. The van der Waals surface area contributed by atoms with Gasteiger partial charge in [0.1, 0.15) is 6.04 Å². The third-order valence-electron chi connectivity index (χ3n) is 1.88. The van der Waals surface area contributed by atoms with Gasteiger partial charge in [0.25, 0.3) is 0 Å². The first-order chi connectivity index (χ1) is 7.49. The van der Waals surface area contributed by atoms with E-state index < -0.39 is 18.0 Å². The Balaban J connectivity index is 4.24. The molecule has 1 unspecified atom stereocenters. The van der Waals surface area contributed by atoms with Crippen LogP contribution in [0.4, 0.5) is 3.89 Å². The summed E-state index contributed by atoms with van der Waals surface area (Å²) in [6.07, 6.45) is 1.84. The lowest BCUT2D eigenvalue weighted by molar-refractivity contribution is -0.138. The molecule has 0 spiro atoms. The molecule has 0 aliphatic rings. The summed E-state index contributed by atoms with van der Waals surface area (Å²) in [6.45, 7) is 0. The van der Waals surface area contributed by atoms with E-state index in [9.17, 15) is 13.5 Å². The van der Waals surface area contributed by atoms with Crippen molar-refractivity contribution >= 4 is 24.1 Å². The van der Waals surface area contributed by atoms with E-state index in [0.717, 1.165) is 0 Å². The Hall–Kier alpha value is -1.08. The Kier molecular flexibility index (Phi) is 7.57. The lowest BCUT2D eigenvalue weighted by Gasteiger charge is -2.04. The molecule has 0 aliphatic heterocycles. The van der Waals surface area contributed by atoms with Crippen LogP contribution in [-0.2, 0) is 9.59 Å². The van der Waals surface area contributed by atoms with Crippen LogP contribution >= 0.6 is 12.1 Å². The van der Waals surface area contributed by atoms with Crippen LogP contribution in [-0.4, -0.2) is 33.9 Å². The van der Waals surface area contributed by atoms with E-state index in [1.807, 2.05) is 0 Å². The van der Waals surface area contributed by atoms with E-state index in [1.165, 1.54) is 6.08 Å². The fourth-order valence-corrected chi connectivity index (χ4v) is 1.24. The van der Waals surface area contributed by atoms with Crippen LogP contribution in [0, 0.1) is 0 Å². The van der Waals surface area contributed by atoms with Gasteiger partial charge in [0, 0.05) is 23.5 Å². The van der Waals surface area contributed by atoms with E-state index in [-0.39, 0.29) is 36.3 Å². The summed E-state index contributed by atoms with van der Waals surface area (Å²) in [7, 11) is 0. The van der Waals surface area contributed by atoms with Crippen LogP contribution in [0.2, 0.25) is 0 Å². The maximum absolute atomic E-state index is 11.7. The average Bonchev–Trinajstić information content (AvgIpc) is 2.21. The summed E-state index contributed by atoms with van der Waals surface area (Å²) in [4.78, 5) is 21.1. The van der Waals surface area contributed by atoms with E-state index >= 15 is 0 Å². The number of aliphatic carboxylic acids is 2. The molecule has 1 atom stereocenters. The molecular formula is C9H14FNO4S. The van der Waals surface area contributed by atoms with Crippen molar-refractivity contribution in [3.05, 3.63) is 11.6 Å². The minimum Gasteiger partial charge on any atom is -0.480 e. The van der Waals surface area contributed by atoms with E-state index in [0.29, 0.717) is 6.42 Å². The maximum Gasteiger partial charge on any atom is 0.331 e. The van der Waals surface area contributed by atoms with Gasteiger partial charge in [-0.25, -0.2) is 4.79 Å². The molecule has 0 rings (SSSR count). The number of carbonyl (C=O) groups is 2. The summed E-state index contributed by atoms with van der Waals surface area (Å²) < 4.78 is 11.7. The van der Waals surface area contributed by atoms with Gasteiger partial charge in [0.15, 0.2) is 0 Å². The highest BCUT2D eigenvalue weighted by Crippen LogP contribution is 2.12. The van der Waals surface area contributed by atoms with Crippen molar-refractivity contribution in [3.63, 3.8) is 0 Å². The lowest BCUT2D eigenvalue weighted by Crippen LogP contribution is -2.29. The van der Waals surface area contributed by atoms with E-state index in [2.05, 4.69) is 0 Å². The summed E-state index contributed by atoms with van der Waals surface area (Å²) in [5, 5.41) is 17.3. The molecule has 0 saturated carbocycles. The van der Waals surface area contributed by atoms with Crippen molar-refractivity contribution in [2.45, 2.75) is 25.3 Å². The molecule has 4 N–H and O–H groups in total. The summed E-state index contributed by atoms with van der Waals surface area (Å²) in [5.74, 6) is -2.09. The molecule has 16 heavy (non-hydrogen) atoms. The Morgan fingerprint density at radius 1 is 1.44 bits per heavy atom. The number of carboxylic acid groups (broad SMARTS) is 2. The lowest BCUT2D eigenvalue weighted by atomic mass is 10.1. The second-order valence-electron chi connectivity index (χ2n) is 3.13. The van der Waals surface area contributed by atoms with E-state index in [1.54, 1.807) is 0 Å². The summed E-state index contributed by atoms with van der Waals surface area (Å²) in [6, 6.07) is -1.11. The third kappa shape index (κ3) is 6.41. The zero-order valence-corrected chi connectivity index (χ0v) is 9.37. The first-order valence-corrected chi connectivity index (χ1v) is 5.52. The topological polar surface area (TPSA) is 101 Å². The van der Waals surface area contributed by atoms with Gasteiger partial charge in [-0.05, 0) is 19.3 Å². The van der Waals surface area contributed by atoms with Gasteiger partial charge in [-0.2, -0.15) is 3.89 Å². The Labute approximate surface area is 96.8 Å². The van der Waals surface area contributed by atoms with Gasteiger partial charge in [-0.1, -0.05) is 6.08 Å². The Bertz CT molecular complexity index is 283. The zero-order chi connectivity index (χ0) is 12.6. The molecule has 0 aromatic rings. The monoisotopic (exact) mass is 251 g/mol. The predicted molar refractivity (Wildman–Crippen MR) is 58.7 cm³/mol. The molecule has 0 saturated heterocycles. The minimum absolute atomic E-state index is 0.0419. The molecule has 0 bridgehead atoms. The molecule has 0 aromatic carbocycles. The molecule has 0 heterocycles. The van der Waals surface area contributed by atoms with Crippen LogP contribution in [0.25, 0.3) is 0 Å². The van der Waals surface area contributed by atoms with Crippen LogP contribution in [0.3, 0.4) is 0 Å². The Morgan fingerprint density at radius 2 is 2.06 bits per heavy atom. The summed E-state index contributed by atoms with van der Waals surface area (Å²) >= 11 is 0.146. The number of hydrogen-bond donors (Lipinski definition) is 3. The van der Waals surface area contributed by atoms with Crippen molar-refractivity contribution in [2.24, 2.45) is 5.73 Å². The molecule has 0 radical (unpaired) electrons. The molecule has 5 nitrogen and oxygen atoms in total. The summed E-state index contributed by atoms with van der Waals surface area (Å²) in [5.41, 5.74) is 5.29. The SMILES string of the molecule is NC(C/C=C(/CCCSF)C(=O)O)C(=O)O. The van der Waals surface area contributed by atoms with Gasteiger partial charge in [0.05, 0.1) is 0 Å². The van der Waals surface area contributed by atoms with Crippen molar-refractivity contribution in [1.82, 2.24) is 0 Å². The van der Waals surface area contributed by atoms with Crippen molar-refractivity contribution in [1.29, 1.82) is 0 Å². The largest absolute Gasteiger partial charge is 0.480 e. The van der Waals surface area contributed by atoms with Crippen molar-refractivity contribution in [2.75, 3.05) is 5.75 Å². The van der Waals surface area contributed by atoms with Crippen LogP contribution in [0.5, 0.6) is 0 Å². The fourth-order valence-electron chi connectivity index (χ4n) is 0.984. The second kappa shape index (κ2) is 8.12. The molecule has 7 heteroatoms. The van der Waals surface area contributed by atoms with Gasteiger partial charge in [-0.3, -0.25) is 4.79 Å². The van der Waals surface area contributed by atoms with Crippen LogP contribution in [0.15, 0.2) is 11.6 Å². The number of carboxylic acids is 2. The highest BCUT2D eigenvalue weighted by molar-refractivity contribution is 7.94. The van der Waals surface area contributed by atoms with Gasteiger partial charge >= 0.3 is 11.9 Å². The van der Waals surface area contributed by atoms with Crippen LogP contribution < -0.4 is 5.73 Å². The van der Waals surface area contributed by atoms with Gasteiger partial charge in [-0.15, -0.1) is 0 Å². The smallest absolute Gasteiger partial charge is 0.331 e. The fraction of sp³-hybridized carbons (Fsp3) is 0.556. The predicted octanol–water partition coefficient (Wildman–Crippen LogP) is 1.20. The van der Waals surface area contributed by atoms with Gasteiger partial charge < -0.3 is 15.9 Å². The molecule has 0 fully saturated rings. The first-order valence-electron chi connectivity index (χ1n) is 4.63. The number of hydrogen-bond acceptors (Lipinski definition) is 4. The normalized spacial score (nSPS) is 13.5. The van der Waals surface area contributed by atoms with Crippen molar-refractivity contribution in [3.8, 4) is 0 Å². The highest BCUT2D eigenvalue weighted by Gasteiger charge is 2.12. The maximum atomic E-state index is 11.7. The molecular weight excluding hydrogens is 237 g/mol. The Morgan fingerprint density at radius 3 is 2.50 bits per heavy atom. The third-order valence-corrected chi connectivity index (χ3v) is 2.32. The number of nitrogens with two attached hydrogens (primary N) is 1. The standard InChI is InChI=1S/C9H14FNO4S/c10-16-5-1-2-6(8(12)13)3-4-7(11)9(14)15/h3,7H,1-2,4-5,11H2,(H,12,13)(H,14,15)/b6-3-. The van der Waals surface area contributed by atoms with Gasteiger partial charge in [0.2, 0.25) is 0 Å². The quantitative estimate of drug-likeness (QED) is 0.442. The molecule has 92 valence electrons. The second-order valence-corrected chi connectivity index (χ2v) is 3.76. The highest BCUT2D eigenvalue weighted by atomic mass is 32.2. The van der Waals surface area contributed by atoms with Crippen molar-refractivity contribution < 1.29 is 23.7 Å². The zero-order valence-electron chi connectivity index (χ0n) is 8.56. The molecule has 0 aliphatic carbocycles. The number of halogens is 1. The number of rotatable bonds is 8. The first kappa shape index (κ1) is 14.9. The average molecular weight is 251 g/mol.